The molecule has 0 fully saturated rings. The highest BCUT2D eigenvalue weighted by molar-refractivity contribution is 8.01. The molecule has 0 amide bonds. The first-order valence-corrected chi connectivity index (χ1v) is 7.85. The predicted molar refractivity (Wildman–Crippen MR) is 79.2 cm³/mol. The molecule has 1 aromatic heterocycles. The van der Waals surface area contributed by atoms with E-state index in [9.17, 15) is 8.78 Å². The number of benzene rings is 1. The molecule has 0 spiro atoms. The zero-order chi connectivity index (χ0) is 14.8. The van der Waals surface area contributed by atoms with Crippen molar-refractivity contribution in [2.75, 3.05) is 0 Å². The third-order valence-corrected chi connectivity index (χ3v) is 4.46. The van der Waals surface area contributed by atoms with Crippen molar-refractivity contribution in [2.45, 2.75) is 42.1 Å². The second kappa shape index (κ2) is 6.20. The summed E-state index contributed by atoms with van der Waals surface area (Å²) in [5.74, 6) is -1.09. The molecule has 2 aromatic rings. The van der Waals surface area contributed by atoms with Crippen LogP contribution in [-0.2, 0) is 6.54 Å². The number of halogens is 2. The Morgan fingerprint density at radius 1 is 1.25 bits per heavy atom. The van der Waals surface area contributed by atoms with Gasteiger partial charge in [-0.05, 0) is 38.5 Å². The van der Waals surface area contributed by atoms with Gasteiger partial charge < -0.3 is 5.32 Å². The minimum absolute atomic E-state index is 0.000501. The van der Waals surface area contributed by atoms with Gasteiger partial charge in [-0.25, -0.2) is 13.8 Å². The number of hydrogen-bond donors (Lipinski definition) is 1. The predicted octanol–water partition coefficient (Wildman–Crippen LogP) is 4.46. The van der Waals surface area contributed by atoms with Crippen LogP contribution in [0.3, 0.4) is 0 Å². The van der Waals surface area contributed by atoms with Gasteiger partial charge in [0.1, 0.15) is 11.6 Å². The fraction of sp³-hybridized carbons (Fsp3) is 0.357. The van der Waals surface area contributed by atoms with Crippen molar-refractivity contribution >= 4 is 23.1 Å². The smallest absolute Gasteiger partial charge is 0.154 e. The van der Waals surface area contributed by atoms with Crippen molar-refractivity contribution in [2.24, 2.45) is 0 Å². The Balaban J connectivity index is 2.16. The molecule has 2 rings (SSSR count). The third-order valence-electron chi connectivity index (χ3n) is 2.48. The Morgan fingerprint density at radius 2 is 1.90 bits per heavy atom. The minimum atomic E-state index is -0.545. The van der Waals surface area contributed by atoms with Crippen molar-refractivity contribution < 1.29 is 8.78 Å². The largest absolute Gasteiger partial charge is 0.308 e. The lowest BCUT2D eigenvalue weighted by Gasteiger charge is -2.20. The van der Waals surface area contributed by atoms with Crippen LogP contribution >= 0.6 is 23.1 Å². The SMILES string of the molecule is CC(C)(C)NCc1cc(F)c(Sc2nccs2)c(F)c1. The number of rotatable bonds is 4. The summed E-state index contributed by atoms with van der Waals surface area (Å²) in [6, 6.07) is 2.75. The van der Waals surface area contributed by atoms with Crippen LogP contribution in [0.1, 0.15) is 26.3 Å². The average Bonchev–Trinajstić information content (AvgIpc) is 2.83. The van der Waals surface area contributed by atoms with E-state index >= 15 is 0 Å². The molecular weight excluding hydrogens is 298 g/mol. The van der Waals surface area contributed by atoms with Gasteiger partial charge in [0.05, 0.1) is 4.90 Å². The summed E-state index contributed by atoms with van der Waals surface area (Å²) in [7, 11) is 0. The molecule has 0 radical (unpaired) electrons. The number of aromatic nitrogens is 1. The van der Waals surface area contributed by atoms with Crippen LogP contribution in [0.25, 0.3) is 0 Å². The summed E-state index contributed by atoms with van der Waals surface area (Å²) in [6.45, 7) is 6.45. The van der Waals surface area contributed by atoms with Crippen molar-refractivity contribution in [3.63, 3.8) is 0 Å². The first-order chi connectivity index (χ1) is 9.35. The zero-order valence-electron chi connectivity index (χ0n) is 11.5. The van der Waals surface area contributed by atoms with E-state index in [1.807, 2.05) is 20.8 Å². The van der Waals surface area contributed by atoms with Gasteiger partial charge in [0.15, 0.2) is 4.34 Å². The van der Waals surface area contributed by atoms with E-state index in [0.29, 0.717) is 16.4 Å². The van der Waals surface area contributed by atoms with E-state index in [1.165, 1.54) is 23.5 Å². The van der Waals surface area contributed by atoms with Crippen LogP contribution in [0.5, 0.6) is 0 Å². The number of hydrogen-bond acceptors (Lipinski definition) is 4. The Bertz CT molecular complexity index is 554. The van der Waals surface area contributed by atoms with Crippen molar-refractivity contribution in [1.82, 2.24) is 10.3 Å². The van der Waals surface area contributed by atoms with Crippen molar-refractivity contribution in [3.8, 4) is 0 Å². The third kappa shape index (κ3) is 4.26. The molecule has 20 heavy (non-hydrogen) atoms. The summed E-state index contributed by atoms with van der Waals surface area (Å²) < 4.78 is 28.7. The van der Waals surface area contributed by atoms with Gasteiger partial charge in [0, 0.05) is 23.7 Å². The second-order valence-corrected chi connectivity index (χ2v) is 7.54. The van der Waals surface area contributed by atoms with E-state index in [0.717, 1.165) is 11.8 Å². The molecule has 0 atom stereocenters. The maximum atomic E-state index is 14.0. The Morgan fingerprint density at radius 3 is 2.40 bits per heavy atom. The van der Waals surface area contributed by atoms with Gasteiger partial charge in [-0.1, -0.05) is 11.8 Å². The first-order valence-electron chi connectivity index (χ1n) is 6.15. The van der Waals surface area contributed by atoms with Crippen LogP contribution in [-0.4, -0.2) is 10.5 Å². The molecule has 1 N–H and O–H groups in total. The molecule has 2 nitrogen and oxygen atoms in total. The molecular formula is C14H16F2N2S2. The Hall–Kier alpha value is -0.980. The van der Waals surface area contributed by atoms with Gasteiger partial charge in [0.2, 0.25) is 0 Å². The molecule has 1 aromatic carbocycles. The van der Waals surface area contributed by atoms with Gasteiger partial charge in [-0.2, -0.15) is 0 Å². The van der Waals surface area contributed by atoms with Crippen molar-refractivity contribution in [3.05, 3.63) is 40.9 Å². The molecule has 0 unspecified atom stereocenters. The Kier molecular flexibility index (Phi) is 4.78. The van der Waals surface area contributed by atoms with E-state index in [2.05, 4.69) is 10.3 Å². The molecule has 0 aliphatic rings. The monoisotopic (exact) mass is 314 g/mol. The fourth-order valence-electron chi connectivity index (χ4n) is 1.53. The van der Waals surface area contributed by atoms with Gasteiger partial charge in [-0.15, -0.1) is 11.3 Å². The highest BCUT2D eigenvalue weighted by atomic mass is 32.2. The molecule has 0 aliphatic heterocycles. The molecule has 1 heterocycles. The van der Waals surface area contributed by atoms with Gasteiger partial charge >= 0.3 is 0 Å². The standard InChI is InChI=1S/C14H16F2N2S2/c1-14(2,3)18-8-9-6-10(15)12(11(16)7-9)20-13-17-4-5-19-13/h4-7,18H,8H2,1-3H3. The highest BCUT2D eigenvalue weighted by Gasteiger charge is 2.15. The maximum Gasteiger partial charge on any atom is 0.154 e. The van der Waals surface area contributed by atoms with E-state index in [1.54, 1.807) is 11.6 Å². The normalized spacial score (nSPS) is 11.8. The van der Waals surface area contributed by atoms with E-state index in [4.69, 9.17) is 0 Å². The summed E-state index contributed by atoms with van der Waals surface area (Å²) in [5.41, 5.74) is 0.500. The van der Waals surface area contributed by atoms with Crippen LogP contribution in [0, 0.1) is 11.6 Å². The van der Waals surface area contributed by atoms with Gasteiger partial charge in [-0.3, -0.25) is 0 Å². The lowest BCUT2D eigenvalue weighted by atomic mass is 10.1. The van der Waals surface area contributed by atoms with E-state index < -0.39 is 11.6 Å². The molecule has 0 aliphatic carbocycles. The average molecular weight is 314 g/mol. The van der Waals surface area contributed by atoms with E-state index in [-0.39, 0.29) is 10.4 Å². The summed E-state index contributed by atoms with van der Waals surface area (Å²) in [4.78, 5) is 4.02. The summed E-state index contributed by atoms with van der Waals surface area (Å²) >= 11 is 2.38. The number of nitrogens with one attached hydrogen (secondary N) is 1. The molecule has 0 saturated carbocycles. The summed E-state index contributed by atoms with van der Waals surface area (Å²) in [5, 5.41) is 4.98. The highest BCUT2D eigenvalue weighted by Crippen LogP contribution is 2.33. The molecule has 108 valence electrons. The van der Waals surface area contributed by atoms with Crippen LogP contribution in [0.15, 0.2) is 32.9 Å². The second-order valence-electron chi connectivity index (χ2n) is 5.39. The topological polar surface area (TPSA) is 24.9 Å². The summed E-state index contributed by atoms with van der Waals surface area (Å²) in [6.07, 6.45) is 1.62. The van der Waals surface area contributed by atoms with Gasteiger partial charge in [0.25, 0.3) is 0 Å². The molecule has 0 bridgehead atoms. The molecule has 0 saturated heterocycles. The number of nitrogens with zero attached hydrogens (tertiary/aromatic N) is 1. The Labute approximate surface area is 125 Å². The lowest BCUT2D eigenvalue weighted by Crippen LogP contribution is -2.35. The van der Waals surface area contributed by atoms with Crippen LogP contribution < -0.4 is 5.32 Å². The fourth-order valence-corrected chi connectivity index (χ4v) is 3.10. The minimum Gasteiger partial charge on any atom is -0.308 e. The number of thiazole rings is 1. The zero-order valence-corrected chi connectivity index (χ0v) is 13.2. The maximum absolute atomic E-state index is 14.0. The van der Waals surface area contributed by atoms with Crippen LogP contribution in [0.4, 0.5) is 8.78 Å². The van der Waals surface area contributed by atoms with Crippen LogP contribution in [0.2, 0.25) is 0 Å². The molecule has 6 heteroatoms. The van der Waals surface area contributed by atoms with Crippen molar-refractivity contribution in [1.29, 1.82) is 0 Å². The first kappa shape index (κ1) is 15.4. The quantitative estimate of drug-likeness (QED) is 0.902. The lowest BCUT2D eigenvalue weighted by molar-refractivity contribution is 0.422.